The van der Waals surface area contributed by atoms with Crippen LogP contribution in [0.4, 0.5) is 11.9 Å². The van der Waals surface area contributed by atoms with Crippen LogP contribution in [0.3, 0.4) is 0 Å². The Morgan fingerprint density at radius 2 is 1.84 bits per heavy atom. The van der Waals surface area contributed by atoms with E-state index in [1.807, 2.05) is 6.07 Å². The molecule has 12 nitrogen and oxygen atoms in total. The first-order valence-electron chi connectivity index (χ1n) is 11.4. The number of nitrogens with one attached hydrogen (secondary N) is 5. The molecule has 38 heavy (non-hydrogen) atoms. The van der Waals surface area contributed by atoms with E-state index in [9.17, 15) is 4.79 Å². The molecule has 0 spiro atoms. The molecule has 0 bridgehead atoms. The lowest BCUT2D eigenvalue weighted by molar-refractivity contribution is 0.0948. The number of hydrogen-bond acceptors (Lipinski definition) is 7. The van der Waals surface area contributed by atoms with Gasteiger partial charge in [-0.05, 0) is 82.3 Å². The van der Waals surface area contributed by atoms with Gasteiger partial charge < -0.3 is 41.5 Å². The molecule has 0 radical (unpaired) electrons. The average Bonchev–Trinajstić information content (AvgIpc) is 3.69. The zero-order valence-corrected chi connectivity index (χ0v) is 25.9. The standard InChI is InChI=1S/C22H22Br4N10O2/c23-10-4-13(32-17(10)25)19(37)29-2-1-9(15-7-31-21(27)35-15)16-12(34-22(28)36-16)3-8-6-30-20(38-8)14-5-11(24)18(26)33-14/h4-5,7-9,32-33H,1-3,6H2,(H,29,37)(H3,27,31,35)(H3,28,34,36). The zero-order chi connectivity index (χ0) is 27.0. The third-order valence-corrected chi connectivity index (χ3v) is 9.51. The lowest BCUT2D eigenvalue weighted by atomic mass is 9.94. The van der Waals surface area contributed by atoms with Crippen molar-refractivity contribution < 1.29 is 9.53 Å². The fourth-order valence-corrected chi connectivity index (χ4v) is 5.54. The normalized spacial score (nSPS) is 15.9. The summed E-state index contributed by atoms with van der Waals surface area (Å²) < 4.78 is 9.29. The van der Waals surface area contributed by atoms with Gasteiger partial charge in [0, 0.05) is 30.3 Å². The highest BCUT2D eigenvalue weighted by molar-refractivity contribution is 9.13. The second kappa shape index (κ2) is 11.3. The number of aromatic amines is 4. The second-order valence-corrected chi connectivity index (χ2v) is 11.9. The molecule has 9 N–H and O–H groups in total. The molecule has 5 heterocycles. The van der Waals surface area contributed by atoms with Crippen LogP contribution in [-0.2, 0) is 11.2 Å². The second-order valence-electron chi connectivity index (χ2n) is 8.59. The summed E-state index contributed by atoms with van der Waals surface area (Å²) in [7, 11) is 0. The van der Waals surface area contributed by atoms with Crippen molar-refractivity contribution in [3.63, 3.8) is 0 Å². The lowest BCUT2D eigenvalue weighted by Crippen LogP contribution is -2.26. The maximum Gasteiger partial charge on any atom is 0.267 e. The molecule has 2 unspecified atom stereocenters. The fourth-order valence-electron chi connectivity index (χ4n) is 4.23. The number of aliphatic imine (C=N–C) groups is 1. The van der Waals surface area contributed by atoms with Crippen LogP contribution in [0.1, 0.15) is 45.6 Å². The zero-order valence-electron chi connectivity index (χ0n) is 19.5. The summed E-state index contributed by atoms with van der Waals surface area (Å²) in [4.78, 5) is 38.4. The SMILES string of the molecule is Nc1ncc(C(CCNC(=O)c2cc(Br)c(Br)[nH]2)c2nc(N)[nH]c2CC2CN=C(c3cc(Br)c(Br)[nH]3)O2)[nH]1. The molecule has 200 valence electrons. The van der Waals surface area contributed by atoms with Gasteiger partial charge in [-0.1, -0.05) is 0 Å². The van der Waals surface area contributed by atoms with Gasteiger partial charge in [0.2, 0.25) is 5.90 Å². The highest BCUT2D eigenvalue weighted by Crippen LogP contribution is 2.31. The number of nitrogens with two attached hydrogens (primary N) is 2. The van der Waals surface area contributed by atoms with Crippen LogP contribution in [0, 0.1) is 0 Å². The molecule has 16 heteroatoms. The van der Waals surface area contributed by atoms with Gasteiger partial charge in [-0.2, -0.15) is 0 Å². The predicted octanol–water partition coefficient (Wildman–Crippen LogP) is 4.34. The van der Waals surface area contributed by atoms with Gasteiger partial charge in [0.05, 0.1) is 36.6 Å². The number of halogens is 4. The Balaban J connectivity index is 1.31. The highest BCUT2D eigenvalue weighted by Gasteiger charge is 2.29. The van der Waals surface area contributed by atoms with Gasteiger partial charge in [0.15, 0.2) is 11.9 Å². The number of H-pyrrole nitrogens is 4. The van der Waals surface area contributed by atoms with Gasteiger partial charge in [0.25, 0.3) is 5.91 Å². The lowest BCUT2D eigenvalue weighted by Gasteiger charge is -2.17. The van der Waals surface area contributed by atoms with Gasteiger partial charge in [-0.15, -0.1) is 0 Å². The number of carbonyl (C=O) groups is 1. The quantitative estimate of drug-likeness (QED) is 0.132. The van der Waals surface area contributed by atoms with Crippen molar-refractivity contribution in [3.05, 3.63) is 65.0 Å². The van der Waals surface area contributed by atoms with Crippen molar-refractivity contribution in [1.29, 1.82) is 0 Å². The van der Waals surface area contributed by atoms with Crippen molar-refractivity contribution in [1.82, 2.24) is 35.2 Å². The third-order valence-electron chi connectivity index (χ3n) is 5.94. The molecule has 0 aliphatic carbocycles. The molecule has 0 aromatic carbocycles. The number of amides is 1. The first-order chi connectivity index (χ1) is 18.2. The number of nitrogens with zero attached hydrogens (tertiary/aromatic N) is 3. The Labute approximate surface area is 250 Å². The monoisotopic (exact) mass is 774 g/mol. The summed E-state index contributed by atoms with van der Waals surface area (Å²) in [5, 5.41) is 2.95. The smallest absolute Gasteiger partial charge is 0.267 e. The third kappa shape index (κ3) is 5.87. The van der Waals surface area contributed by atoms with Crippen LogP contribution in [0.2, 0.25) is 0 Å². The Hall–Kier alpha value is -2.56. The van der Waals surface area contributed by atoms with Crippen LogP contribution >= 0.6 is 63.7 Å². The van der Waals surface area contributed by atoms with Crippen LogP contribution in [0.15, 0.2) is 41.5 Å². The summed E-state index contributed by atoms with van der Waals surface area (Å²) in [6, 6.07) is 3.62. The number of aromatic nitrogens is 6. The van der Waals surface area contributed by atoms with Gasteiger partial charge in [0.1, 0.15) is 17.5 Å². The number of imidazole rings is 2. The maximum atomic E-state index is 12.6. The topological polar surface area (TPSA) is 192 Å². The van der Waals surface area contributed by atoms with E-state index in [1.54, 1.807) is 12.3 Å². The van der Waals surface area contributed by atoms with E-state index < -0.39 is 0 Å². The first-order valence-corrected chi connectivity index (χ1v) is 14.6. The van der Waals surface area contributed by atoms with Crippen molar-refractivity contribution >= 4 is 87.4 Å². The van der Waals surface area contributed by atoms with Crippen molar-refractivity contribution in [2.24, 2.45) is 4.99 Å². The molecule has 2 atom stereocenters. The molecule has 0 fully saturated rings. The van der Waals surface area contributed by atoms with Crippen molar-refractivity contribution in [3.8, 4) is 0 Å². The van der Waals surface area contributed by atoms with Crippen LogP contribution < -0.4 is 16.8 Å². The summed E-state index contributed by atoms with van der Waals surface area (Å²) in [6.07, 6.45) is 2.49. The van der Waals surface area contributed by atoms with Crippen LogP contribution in [0.5, 0.6) is 0 Å². The minimum atomic E-state index is -0.261. The van der Waals surface area contributed by atoms with Gasteiger partial charge in [-0.3, -0.25) is 4.79 Å². The number of nitrogen functional groups attached to an aromatic ring is 2. The Kier molecular flexibility index (Phi) is 8.02. The number of carbonyl (C=O) groups excluding carboxylic acids is 1. The summed E-state index contributed by atoms with van der Waals surface area (Å²) in [5.74, 6) is 0.628. The first kappa shape index (κ1) is 27.0. The average molecular weight is 778 g/mol. The largest absolute Gasteiger partial charge is 0.471 e. The minimum absolute atomic E-state index is 0.207. The van der Waals surface area contributed by atoms with Crippen molar-refractivity contribution in [2.75, 3.05) is 24.6 Å². The molecule has 5 rings (SSSR count). The van der Waals surface area contributed by atoms with E-state index in [-0.39, 0.29) is 23.9 Å². The fraction of sp³-hybridized carbons (Fsp3) is 0.273. The molecule has 1 aliphatic heterocycles. The molecular formula is C22H22Br4N10O2. The Bertz CT molecular complexity index is 1460. The number of ether oxygens (including phenoxy) is 1. The highest BCUT2D eigenvalue weighted by atomic mass is 79.9. The summed E-state index contributed by atoms with van der Waals surface area (Å²) in [6.45, 7) is 0.855. The Morgan fingerprint density at radius 3 is 2.50 bits per heavy atom. The van der Waals surface area contributed by atoms with Gasteiger partial charge >= 0.3 is 0 Å². The van der Waals surface area contributed by atoms with Gasteiger partial charge in [-0.25, -0.2) is 15.0 Å². The molecule has 4 aromatic heterocycles. The van der Waals surface area contributed by atoms with E-state index in [4.69, 9.17) is 16.2 Å². The molecule has 0 saturated heterocycles. The summed E-state index contributed by atoms with van der Waals surface area (Å²) in [5.41, 5.74) is 15.5. The van der Waals surface area contributed by atoms with E-state index >= 15 is 0 Å². The molecule has 0 saturated carbocycles. The predicted molar refractivity (Wildman–Crippen MR) is 157 cm³/mol. The number of anilines is 2. The number of hydrogen-bond donors (Lipinski definition) is 7. The molecule has 1 amide bonds. The Morgan fingerprint density at radius 1 is 1.08 bits per heavy atom. The molecular weight excluding hydrogens is 756 g/mol. The van der Waals surface area contributed by atoms with Crippen LogP contribution in [-0.4, -0.2) is 60.9 Å². The molecule has 4 aromatic rings. The minimum Gasteiger partial charge on any atom is -0.471 e. The van der Waals surface area contributed by atoms with E-state index in [1.165, 1.54) is 0 Å². The number of rotatable bonds is 9. The molecule has 1 aliphatic rings. The van der Waals surface area contributed by atoms with Crippen LogP contribution in [0.25, 0.3) is 0 Å². The van der Waals surface area contributed by atoms with E-state index in [2.05, 4.69) is 104 Å². The summed E-state index contributed by atoms with van der Waals surface area (Å²) >= 11 is 13.6. The van der Waals surface area contributed by atoms with E-state index in [0.29, 0.717) is 48.1 Å². The van der Waals surface area contributed by atoms with Crippen molar-refractivity contribution in [2.45, 2.75) is 24.9 Å². The van der Waals surface area contributed by atoms with E-state index in [0.717, 1.165) is 36.3 Å². The maximum absolute atomic E-state index is 12.6.